The quantitative estimate of drug-likeness (QED) is 0.500. The first-order valence-corrected chi connectivity index (χ1v) is 10.5. The molecule has 0 spiro atoms. The molecule has 168 valence electrons. The van der Waals surface area contributed by atoms with E-state index in [4.69, 9.17) is 9.47 Å². The lowest BCUT2D eigenvalue weighted by Crippen LogP contribution is -2.45. The van der Waals surface area contributed by atoms with Crippen LogP contribution in [0.4, 0.5) is 10.5 Å². The number of para-hydroxylation sites is 2. The van der Waals surface area contributed by atoms with Crippen LogP contribution in [0.3, 0.4) is 0 Å². The number of hydrogen-bond donors (Lipinski definition) is 3. The van der Waals surface area contributed by atoms with E-state index in [9.17, 15) is 9.59 Å². The van der Waals surface area contributed by atoms with E-state index >= 15 is 0 Å². The van der Waals surface area contributed by atoms with Crippen LogP contribution < -0.4 is 25.4 Å². The lowest BCUT2D eigenvalue weighted by atomic mass is 9.94. The zero-order valence-electron chi connectivity index (χ0n) is 18.4. The average molecular weight is 444 g/mol. The second-order valence-corrected chi connectivity index (χ2v) is 7.57. The summed E-state index contributed by atoms with van der Waals surface area (Å²) in [5, 5.41) is 8.42. The first kappa shape index (κ1) is 22.0. The normalized spacial score (nSPS) is 15.3. The van der Waals surface area contributed by atoms with Crippen LogP contribution in [-0.4, -0.2) is 19.0 Å². The topological polar surface area (TPSA) is 88.7 Å². The van der Waals surface area contributed by atoms with Crippen molar-refractivity contribution in [2.24, 2.45) is 0 Å². The Labute approximate surface area is 192 Å². The minimum Gasteiger partial charge on any atom is -0.495 e. The molecule has 0 saturated heterocycles. The summed E-state index contributed by atoms with van der Waals surface area (Å²) in [5.41, 5.74) is 3.28. The highest BCUT2D eigenvalue weighted by molar-refractivity contribution is 6.07. The molecule has 3 amide bonds. The molecule has 3 aromatic carbocycles. The summed E-state index contributed by atoms with van der Waals surface area (Å²) in [6, 6.07) is 23.4. The molecule has 0 radical (unpaired) electrons. The fourth-order valence-corrected chi connectivity index (χ4v) is 3.68. The molecule has 4 rings (SSSR count). The summed E-state index contributed by atoms with van der Waals surface area (Å²) in [5.74, 6) is 0.913. The number of hydrogen-bond acceptors (Lipinski definition) is 4. The molecule has 7 heteroatoms. The number of methoxy groups -OCH3 is 1. The Balaban J connectivity index is 1.54. The Morgan fingerprint density at radius 2 is 1.67 bits per heavy atom. The van der Waals surface area contributed by atoms with Crippen LogP contribution in [0.5, 0.6) is 11.5 Å². The molecule has 0 fully saturated rings. The van der Waals surface area contributed by atoms with Crippen molar-refractivity contribution in [3.63, 3.8) is 0 Å². The molecule has 1 heterocycles. The van der Waals surface area contributed by atoms with Crippen molar-refractivity contribution in [3.8, 4) is 11.5 Å². The number of carbonyl (C=O) groups excluding carboxylic acids is 2. The van der Waals surface area contributed by atoms with E-state index in [0.29, 0.717) is 35.1 Å². The monoisotopic (exact) mass is 443 g/mol. The third-order valence-electron chi connectivity index (χ3n) is 5.33. The summed E-state index contributed by atoms with van der Waals surface area (Å²) in [4.78, 5) is 25.4. The molecular formula is C26H25N3O4. The maximum absolute atomic E-state index is 13.2. The van der Waals surface area contributed by atoms with E-state index in [1.807, 2.05) is 66.7 Å². The molecule has 0 bridgehead atoms. The molecule has 7 nitrogen and oxygen atoms in total. The first-order chi connectivity index (χ1) is 16.0. The molecule has 1 aliphatic heterocycles. The van der Waals surface area contributed by atoms with Crippen LogP contribution in [0, 0.1) is 0 Å². The maximum Gasteiger partial charge on any atom is 0.319 e. The standard InChI is InChI=1S/C26H25N3O4/c1-17-23(25(30)28-21-10-6-7-11-22(21)32-2)24(29-26(31)27-17)19-12-14-20(15-13-19)33-16-18-8-4-3-5-9-18/h3-15,24H,16H2,1-2H3,(H,28,30)(H2,27,29,31). The van der Waals surface area contributed by atoms with Gasteiger partial charge >= 0.3 is 6.03 Å². The van der Waals surface area contributed by atoms with Gasteiger partial charge < -0.3 is 25.4 Å². The molecule has 1 atom stereocenters. The average Bonchev–Trinajstić information content (AvgIpc) is 2.83. The molecule has 3 N–H and O–H groups in total. The highest BCUT2D eigenvalue weighted by Crippen LogP contribution is 2.31. The summed E-state index contributed by atoms with van der Waals surface area (Å²) in [6.45, 7) is 2.16. The third-order valence-corrected chi connectivity index (χ3v) is 5.33. The van der Waals surface area contributed by atoms with Crippen molar-refractivity contribution in [2.75, 3.05) is 12.4 Å². The lowest BCUT2D eigenvalue weighted by molar-refractivity contribution is -0.113. The first-order valence-electron chi connectivity index (χ1n) is 10.5. The lowest BCUT2D eigenvalue weighted by Gasteiger charge is -2.29. The van der Waals surface area contributed by atoms with Crippen molar-refractivity contribution < 1.29 is 19.1 Å². The number of benzene rings is 3. The molecule has 1 aliphatic rings. The Bertz CT molecular complexity index is 1170. The number of anilines is 1. The van der Waals surface area contributed by atoms with Crippen LogP contribution in [0.1, 0.15) is 24.1 Å². The van der Waals surface area contributed by atoms with Gasteiger partial charge in [-0.3, -0.25) is 4.79 Å². The highest BCUT2D eigenvalue weighted by atomic mass is 16.5. The SMILES string of the molecule is COc1ccccc1NC(=O)C1=C(C)NC(=O)NC1c1ccc(OCc2ccccc2)cc1. The summed E-state index contributed by atoms with van der Waals surface area (Å²) >= 11 is 0. The van der Waals surface area contributed by atoms with Crippen LogP contribution in [0.2, 0.25) is 0 Å². The maximum atomic E-state index is 13.2. The van der Waals surface area contributed by atoms with Gasteiger partial charge in [0.15, 0.2) is 0 Å². The van der Waals surface area contributed by atoms with Gasteiger partial charge in [-0.25, -0.2) is 4.79 Å². The summed E-state index contributed by atoms with van der Waals surface area (Å²) < 4.78 is 11.2. The number of urea groups is 1. The second-order valence-electron chi connectivity index (χ2n) is 7.57. The number of ether oxygens (including phenoxy) is 2. The Morgan fingerprint density at radius 3 is 2.39 bits per heavy atom. The van der Waals surface area contributed by atoms with Gasteiger partial charge in [0.1, 0.15) is 18.1 Å². The van der Waals surface area contributed by atoms with E-state index < -0.39 is 6.04 Å². The third kappa shape index (κ3) is 5.15. The van der Waals surface area contributed by atoms with Gasteiger partial charge in [0, 0.05) is 5.70 Å². The predicted molar refractivity (Wildman–Crippen MR) is 126 cm³/mol. The van der Waals surface area contributed by atoms with Gasteiger partial charge in [-0.2, -0.15) is 0 Å². The Hall–Kier alpha value is -4.26. The van der Waals surface area contributed by atoms with Crippen molar-refractivity contribution in [1.82, 2.24) is 10.6 Å². The molecule has 0 saturated carbocycles. The van der Waals surface area contributed by atoms with Crippen molar-refractivity contribution in [2.45, 2.75) is 19.6 Å². The minimum atomic E-state index is -0.614. The van der Waals surface area contributed by atoms with Gasteiger partial charge in [0.25, 0.3) is 5.91 Å². The summed E-state index contributed by atoms with van der Waals surface area (Å²) in [7, 11) is 1.54. The van der Waals surface area contributed by atoms with Gasteiger partial charge in [0.05, 0.1) is 24.4 Å². The number of nitrogens with one attached hydrogen (secondary N) is 3. The molecular weight excluding hydrogens is 418 g/mol. The van der Waals surface area contributed by atoms with E-state index in [1.165, 1.54) is 0 Å². The van der Waals surface area contributed by atoms with E-state index in [-0.39, 0.29) is 11.9 Å². The molecule has 0 aromatic heterocycles. The zero-order chi connectivity index (χ0) is 23.2. The van der Waals surface area contributed by atoms with Crippen molar-refractivity contribution in [1.29, 1.82) is 0 Å². The van der Waals surface area contributed by atoms with Crippen LogP contribution in [-0.2, 0) is 11.4 Å². The second kappa shape index (κ2) is 9.91. The Kier molecular flexibility index (Phi) is 6.59. The molecule has 3 aromatic rings. The number of amides is 3. The minimum absolute atomic E-state index is 0.334. The predicted octanol–water partition coefficient (Wildman–Crippen LogP) is 4.54. The van der Waals surface area contributed by atoms with Crippen molar-refractivity contribution in [3.05, 3.63) is 101 Å². The smallest absolute Gasteiger partial charge is 0.319 e. The fourth-order valence-electron chi connectivity index (χ4n) is 3.68. The van der Waals surface area contributed by atoms with Crippen LogP contribution in [0.25, 0.3) is 0 Å². The number of allylic oxidation sites excluding steroid dienone is 1. The van der Waals surface area contributed by atoms with Gasteiger partial charge in [-0.05, 0) is 42.3 Å². The number of rotatable bonds is 7. The van der Waals surface area contributed by atoms with E-state index in [1.54, 1.807) is 26.2 Å². The Morgan fingerprint density at radius 1 is 0.970 bits per heavy atom. The summed E-state index contributed by atoms with van der Waals surface area (Å²) in [6.07, 6.45) is 0. The van der Waals surface area contributed by atoms with Crippen LogP contribution >= 0.6 is 0 Å². The molecule has 1 unspecified atom stereocenters. The fraction of sp³-hybridized carbons (Fsp3) is 0.154. The van der Waals surface area contributed by atoms with Gasteiger partial charge in [-0.15, -0.1) is 0 Å². The van der Waals surface area contributed by atoms with Crippen molar-refractivity contribution >= 4 is 17.6 Å². The molecule has 33 heavy (non-hydrogen) atoms. The van der Waals surface area contributed by atoms with Gasteiger partial charge in [-0.1, -0.05) is 54.6 Å². The van der Waals surface area contributed by atoms with Crippen LogP contribution in [0.15, 0.2) is 90.1 Å². The zero-order valence-corrected chi connectivity index (χ0v) is 18.4. The van der Waals surface area contributed by atoms with E-state index in [0.717, 1.165) is 11.1 Å². The number of carbonyl (C=O) groups is 2. The molecule has 0 aliphatic carbocycles. The largest absolute Gasteiger partial charge is 0.495 e. The van der Waals surface area contributed by atoms with Gasteiger partial charge in [0.2, 0.25) is 0 Å². The van der Waals surface area contributed by atoms with E-state index in [2.05, 4.69) is 16.0 Å². The highest BCUT2D eigenvalue weighted by Gasteiger charge is 2.31.